The van der Waals surface area contributed by atoms with Crippen LogP contribution in [0.3, 0.4) is 0 Å². The molecule has 1 N–H and O–H groups in total. The van der Waals surface area contributed by atoms with Gasteiger partial charge in [-0.2, -0.15) is 0 Å². The highest BCUT2D eigenvalue weighted by Gasteiger charge is 2.19. The molecule has 0 bridgehead atoms. The predicted molar refractivity (Wildman–Crippen MR) is 78.6 cm³/mol. The molecule has 0 atom stereocenters. The molecule has 0 unspecified atom stereocenters. The normalized spacial score (nSPS) is 12.2. The molecule has 0 aliphatic heterocycles. The van der Waals surface area contributed by atoms with Crippen molar-refractivity contribution < 1.29 is 0 Å². The molecule has 96 valence electrons. The number of halogens is 2. The Labute approximate surface area is 117 Å². The lowest BCUT2D eigenvalue weighted by molar-refractivity contribution is 0.189. The van der Waals surface area contributed by atoms with E-state index in [2.05, 4.69) is 54.1 Å². The van der Waals surface area contributed by atoms with Crippen LogP contribution >= 0.6 is 27.5 Å². The highest BCUT2D eigenvalue weighted by molar-refractivity contribution is 9.10. The molecule has 0 saturated carbocycles. The lowest BCUT2D eigenvalue weighted by Crippen LogP contribution is -2.46. The fraction of sp³-hybridized carbons (Fsp3) is 0.538. The van der Waals surface area contributed by atoms with Gasteiger partial charge in [0.05, 0.1) is 0 Å². The van der Waals surface area contributed by atoms with Gasteiger partial charge in [-0.05, 0) is 51.7 Å². The zero-order valence-electron chi connectivity index (χ0n) is 10.8. The van der Waals surface area contributed by atoms with Crippen molar-refractivity contribution in [2.45, 2.75) is 25.9 Å². The Morgan fingerprint density at radius 1 is 1.35 bits per heavy atom. The van der Waals surface area contributed by atoms with Gasteiger partial charge in [-0.15, -0.1) is 0 Å². The van der Waals surface area contributed by atoms with Crippen molar-refractivity contribution >= 4 is 27.5 Å². The van der Waals surface area contributed by atoms with Crippen molar-refractivity contribution in [2.24, 2.45) is 0 Å². The van der Waals surface area contributed by atoms with Gasteiger partial charge in [0.2, 0.25) is 0 Å². The standard InChI is InChI=1S/C13H20BrClN2/c1-13(2,17(3)4)9-16-8-10-7-11(15)5-6-12(10)14/h5-7,16H,8-9H2,1-4H3. The maximum Gasteiger partial charge on any atom is 0.0410 e. The van der Waals surface area contributed by atoms with Crippen LogP contribution in [0.4, 0.5) is 0 Å². The summed E-state index contributed by atoms with van der Waals surface area (Å²) >= 11 is 9.51. The summed E-state index contributed by atoms with van der Waals surface area (Å²) in [5.74, 6) is 0. The molecule has 0 spiro atoms. The molecule has 1 aromatic rings. The molecule has 1 rings (SSSR count). The van der Waals surface area contributed by atoms with E-state index in [9.17, 15) is 0 Å². The van der Waals surface area contributed by atoms with Crippen molar-refractivity contribution in [2.75, 3.05) is 20.6 Å². The van der Waals surface area contributed by atoms with Gasteiger partial charge in [-0.25, -0.2) is 0 Å². The van der Waals surface area contributed by atoms with Crippen LogP contribution in [0.1, 0.15) is 19.4 Å². The topological polar surface area (TPSA) is 15.3 Å². The Balaban J connectivity index is 2.54. The molecular formula is C13H20BrClN2. The fourth-order valence-corrected chi connectivity index (χ4v) is 1.92. The first-order valence-electron chi connectivity index (χ1n) is 5.65. The minimum Gasteiger partial charge on any atom is -0.311 e. The fourth-order valence-electron chi connectivity index (χ4n) is 1.34. The number of rotatable bonds is 5. The highest BCUT2D eigenvalue weighted by atomic mass is 79.9. The van der Waals surface area contributed by atoms with E-state index in [1.807, 2.05) is 18.2 Å². The van der Waals surface area contributed by atoms with E-state index >= 15 is 0 Å². The summed E-state index contributed by atoms with van der Waals surface area (Å²) in [7, 11) is 4.19. The SMILES string of the molecule is CN(C)C(C)(C)CNCc1cc(Cl)ccc1Br. The molecule has 0 aliphatic rings. The Morgan fingerprint density at radius 3 is 2.59 bits per heavy atom. The molecule has 0 aliphatic carbocycles. The van der Waals surface area contributed by atoms with E-state index in [-0.39, 0.29) is 5.54 Å². The summed E-state index contributed by atoms with van der Waals surface area (Å²) in [6.07, 6.45) is 0. The number of hydrogen-bond acceptors (Lipinski definition) is 2. The van der Waals surface area contributed by atoms with Crippen molar-refractivity contribution in [1.82, 2.24) is 10.2 Å². The van der Waals surface area contributed by atoms with Gasteiger partial charge in [0.15, 0.2) is 0 Å². The second kappa shape index (κ2) is 6.19. The number of hydrogen-bond donors (Lipinski definition) is 1. The van der Waals surface area contributed by atoms with E-state index in [1.165, 1.54) is 5.56 Å². The predicted octanol–water partition coefficient (Wildman–Crippen LogP) is 3.53. The zero-order valence-corrected chi connectivity index (χ0v) is 13.2. The Morgan fingerprint density at radius 2 is 2.00 bits per heavy atom. The molecule has 17 heavy (non-hydrogen) atoms. The summed E-state index contributed by atoms with van der Waals surface area (Å²) < 4.78 is 1.09. The average molecular weight is 320 g/mol. The lowest BCUT2D eigenvalue weighted by Gasteiger charge is -2.32. The van der Waals surface area contributed by atoms with E-state index in [4.69, 9.17) is 11.6 Å². The number of nitrogens with zero attached hydrogens (tertiary/aromatic N) is 1. The molecule has 1 aromatic carbocycles. The van der Waals surface area contributed by atoms with Crippen molar-refractivity contribution in [1.29, 1.82) is 0 Å². The molecule has 0 fully saturated rings. The maximum atomic E-state index is 5.98. The largest absolute Gasteiger partial charge is 0.311 e. The van der Waals surface area contributed by atoms with Gasteiger partial charge in [0, 0.05) is 28.1 Å². The molecule has 0 heterocycles. The summed E-state index contributed by atoms with van der Waals surface area (Å²) in [5, 5.41) is 4.24. The minimum absolute atomic E-state index is 0.144. The first kappa shape index (κ1) is 15.0. The van der Waals surface area contributed by atoms with Crippen LogP contribution in [0, 0.1) is 0 Å². The summed E-state index contributed by atoms with van der Waals surface area (Å²) in [5.41, 5.74) is 1.33. The average Bonchev–Trinajstić information content (AvgIpc) is 2.22. The molecule has 0 aromatic heterocycles. The molecule has 0 radical (unpaired) electrons. The molecular weight excluding hydrogens is 300 g/mol. The van der Waals surface area contributed by atoms with E-state index < -0.39 is 0 Å². The first-order chi connectivity index (χ1) is 7.83. The van der Waals surface area contributed by atoms with Crippen LogP contribution in [0.15, 0.2) is 22.7 Å². The van der Waals surface area contributed by atoms with Crippen LogP contribution in [0.5, 0.6) is 0 Å². The van der Waals surface area contributed by atoms with Gasteiger partial charge in [0.25, 0.3) is 0 Å². The van der Waals surface area contributed by atoms with Gasteiger partial charge >= 0.3 is 0 Å². The number of nitrogens with one attached hydrogen (secondary N) is 1. The minimum atomic E-state index is 0.144. The van der Waals surface area contributed by atoms with Gasteiger partial charge in [-0.3, -0.25) is 0 Å². The van der Waals surface area contributed by atoms with Crippen molar-refractivity contribution in [3.05, 3.63) is 33.3 Å². The second-order valence-corrected chi connectivity index (χ2v) is 6.34. The summed E-state index contributed by atoms with van der Waals surface area (Å²) in [4.78, 5) is 2.22. The lowest BCUT2D eigenvalue weighted by atomic mass is 10.0. The van der Waals surface area contributed by atoms with E-state index in [0.29, 0.717) is 0 Å². The third-order valence-corrected chi connectivity index (χ3v) is 4.10. The first-order valence-corrected chi connectivity index (χ1v) is 6.82. The summed E-state index contributed by atoms with van der Waals surface area (Å²) in [6.45, 7) is 6.18. The number of likely N-dealkylation sites (N-methyl/N-ethyl adjacent to an activating group) is 1. The number of benzene rings is 1. The second-order valence-electron chi connectivity index (χ2n) is 5.05. The Bertz CT molecular complexity index is 378. The van der Waals surface area contributed by atoms with Crippen LogP contribution in [0.25, 0.3) is 0 Å². The van der Waals surface area contributed by atoms with Gasteiger partial charge in [-0.1, -0.05) is 27.5 Å². The van der Waals surface area contributed by atoms with Gasteiger partial charge in [0.1, 0.15) is 0 Å². The van der Waals surface area contributed by atoms with Crippen molar-refractivity contribution in [3.8, 4) is 0 Å². The molecule has 0 amide bonds. The van der Waals surface area contributed by atoms with E-state index in [1.54, 1.807) is 0 Å². The monoisotopic (exact) mass is 318 g/mol. The van der Waals surface area contributed by atoms with Crippen LogP contribution in [0.2, 0.25) is 5.02 Å². The quantitative estimate of drug-likeness (QED) is 0.893. The van der Waals surface area contributed by atoms with E-state index in [0.717, 1.165) is 22.6 Å². The summed E-state index contributed by atoms with van der Waals surface area (Å²) in [6, 6.07) is 5.86. The molecule has 4 heteroatoms. The Hall–Kier alpha value is -0.0900. The zero-order chi connectivity index (χ0) is 13.1. The highest BCUT2D eigenvalue weighted by Crippen LogP contribution is 2.21. The smallest absolute Gasteiger partial charge is 0.0410 e. The van der Waals surface area contributed by atoms with Crippen LogP contribution in [-0.2, 0) is 6.54 Å². The van der Waals surface area contributed by atoms with Crippen molar-refractivity contribution in [3.63, 3.8) is 0 Å². The molecule has 0 saturated heterocycles. The third kappa shape index (κ3) is 4.59. The van der Waals surface area contributed by atoms with Crippen LogP contribution < -0.4 is 5.32 Å². The third-order valence-electron chi connectivity index (χ3n) is 3.09. The molecule has 2 nitrogen and oxygen atoms in total. The van der Waals surface area contributed by atoms with Gasteiger partial charge < -0.3 is 10.2 Å². The maximum absolute atomic E-state index is 5.98. The Kier molecular flexibility index (Phi) is 5.45. The van der Waals surface area contributed by atoms with Crippen LogP contribution in [-0.4, -0.2) is 31.1 Å².